The molecule has 24 heavy (non-hydrogen) atoms. The monoisotopic (exact) mass is 342 g/mol. The molecule has 6 nitrogen and oxygen atoms in total. The van der Waals surface area contributed by atoms with Crippen LogP contribution in [0.2, 0.25) is 0 Å². The Morgan fingerprint density at radius 1 is 1.38 bits per heavy atom. The number of nitrogens with zero attached hydrogens (tertiary/aromatic N) is 3. The number of rotatable bonds is 6. The van der Waals surface area contributed by atoms with Crippen LogP contribution in [0, 0.1) is 21.4 Å². The molecule has 1 atom stereocenters. The maximum absolute atomic E-state index is 11.2. The molecule has 0 spiro atoms. The number of nitro groups is 1. The second-order valence-corrected chi connectivity index (χ2v) is 6.74. The van der Waals surface area contributed by atoms with Crippen molar-refractivity contribution in [1.82, 2.24) is 4.90 Å². The molecule has 1 N–H and O–H groups in total. The highest BCUT2D eigenvalue weighted by molar-refractivity contribution is 7.10. The molecule has 1 saturated heterocycles. The van der Waals surface area contributed by atoms with E-state index < -0.39 is 4.92 Å². The van der Waals surface area contributed by atoms with E-state index in [1.165, 1.54) is 29.9 Å². The van der Waals surface area contributed by atoms with E-state index in [-0.39, 0.29) is 11.7 Å². The van der Waals surface area contributed by atoms with Gasteiger partial charge in [-0.1, -0.05) is 6.07 Å². The Morgan fingerprint density at radius 3 is 2.79 bits per heavy atom. The van der Waals surface area contributed by atoms with Gasteiger partial charge in [-0.15, -0.1) is 11.3 Å². The van der Waals surface area contributed by atoms with Gasteiger partial charge in [-0.2, -0.15) is 5.26 Å². The van der Waals surface area contributed by atoms with Crippen LogP contribution < -0.4 is 5.32 Å². The highest BCUT2D eigenvalue weighted by atomic mass is 32.1. The number of hydrogen-bond donors (Lipinski definition) is 1. The van der Waals surface area contributed by atoms with Crippen molar-refractivity contribution in [2.45, 2.75) is 18.9 Å². The van der Waals surface area contributed by atoms with Crippen LogP contribution in [-0.4, -0.2) is 29.5 Å². The van der Waals surface area contributed by atoms with Crippen LogP contribution in [0.1, 0.15) is 29.3 Å². The molecule has 0 saturated carbocycles. The Kier molecular flexibility index (Phi) is 5.08. The van der Waals surface area contributed by atoms with Crippen molar-refractivity contribution in [3.05, 3.63) is 56.3 Å². The van der Waals surface area contributed by atoms with Gasteiger partial charge in [0.1, 0.15) is 5.69 Å². The third kappa shape index (κ3) is 3.55. The number of likely N-dealkylation sites (tertiary alicyclic amines) is 1. The van der Waals surface area contributed by atoms with Crippen molar-refractivity contribution >= 4 is 22.7 Å². The number of nitrogens with one attached hydrogen (secondary N) is 1. The lowest BCUT2D eigenvalue weighted by Crippen LogP contribution is -2.30. The predicted octanol–water partition coefficient (Wildman–Crippen LogP) is 3.78. The number of hydrogen-bond acceptors (Lipinski definition) is 6. The zero-order valence-electron chi connectivity index (χ0n) is 13.1. The molecule has 0 aliphatic carbocycles. The standard InChI is InChI=1S/C17H18N4O2S/c18-11-13-5-6-15(21(22)23)14(10-13)19-12-16(17-4-3-9-24-17)20-7-1-2-8-20/h3-6,9-10,16,19H,1-2,7-8,12H2. The SMILES string of the molecule is N#Cc1ccc([N+](=O)[O-])c(NCC(c2cccs2)N2CCCC2)c1. The smallest absolute Gasteiger partial charge is 0.292 e. The average Bonchev–Trinajstić information content (AvgIpc) is 3.29. The fourth-order valence-corrected chi connectivity index (χ4v) is 3.92. The molecular weight excluding hydrogens is 324 g/mol. The van der Waals surface area contributed by atoms with Gasteiger partial charge < -0.3 is 5.32 Å². The van der Waals surface area contributed by atoms with Crippen LogP contribution >= 0.6 is 11.3 Å². The zero-order valence-corrected chi connectivity index (χ0v) is 14.0. The van der Waals surface area contributed by atoms with Gasteiger partial charge in [0, 0.05) is 17.5 Å². The zero-order chi connectivity index (χ0) is 16.9. The quantitative estimate of drug-likeness (QED) is 0.638. The predicted molar refractivity (Wildman–Crippen MR) is 94.2 cm³/mol. The highest BCUT2D eigenvalue weighted by Crippen LogP contribution is 2.31. The molecule has 1 aromatic carbocycles. The van der Waals surface area contributed by atoms with Gasteiger partial charge in [-0.3, -0.25) is 15.0 Å². The molecule has 124 valence electrons. The summed E-state index contributed by atoms with van der Waals surface area (Å²) in [5.41, 5.74) is 0.817. The van der Waals surface area contributed by atoms with E-state index in [1.807, 2.05) is 12.1 Å². The van der Waals surface area contributed by atoms with E-state index in [0.717, 1.165) is 13.1 Å². The highest BCUT2D eigenvalue weighted by Gasteiger charge is 2.25. The number of nitro benzene ring substituents is 1. The molecular formula is C17H18N4O2S. The Morgan fingerprint density at radius 2 is 2.17 bits per heavy atom. The Labute approximate surface area is 144 Å². The minimum Gasteiger partial charge on any atom is -0.378 e. The van der Waals surface area contributed by atoms with Crippen molar-refractivity contribution < 1.29 is 4.92 Å². The fraction of sp³-hybridized carbons (Fsp3) is 0.353. The third-order valence-electron chi connectivity index (χ3n) is 4.26. The molecule has 0 amide bonds. The summed E-state index contributed by atoms with van der Waals surface area (Å²) in [5, 5.41) is 25.5. The van der Waals surface area contributed by atoms with Crippen LogP contribution in [0.15, 0.2) is 35.7 Å². The van der Waals surface area contributed by atoms with Crippen LogP contribution in [0.25, 0.3) is 0 Å². The first-order chi connectivity index (χ1) is 11.7. The molecule has 3 rings (SSSR count). The van der Waals surface area contributed by atoms with E-state index in [1.54, 1.807) is 17.4 Å². The number of anilines is 1. The summed E-state index contributed by atoms with van der Waals surface area (Å²) >= 11 is 1.70. The summed E-state index contributed by atoms with van der Waals surface area (Å²) in [7, 11) is 0. The number of thiophene rings is 1. The van der Waals surface area contributed by atoms with Gasteiger partial charge in [0.15, 0.2) is 0 Å². The molecule has 2 aromatic rings. The summed E-state index contributed by atoms with van der Waals surface area (Å²) in [6, 6.07) is 10.8. The summed E-state index contributed by atoms with van der Waals surface area (Å²) in [4.78, 5) is 14.5. The van der Waals surface area contributed by atoms with Gasteiger partial charge in [0.2, 0.25) is 0 Å². The second-order valence-electron chi connectivity index (χ2n) is 5.76. The third-order valence-corrected chi connectivity index (χ3v) is 5.23. The van der Waals surface area contributed by atoms with Crippen LogP contribution in [0.3, 0.4) is 0 Å². The first-order valence-electron chi connectivity index (χ1n) is 7.89. The molecule has 2 heterocycles. The average molecular weight is 342 g/mol. The minimum atomic E-state index is -0.417. The summed E-state index contributed by atoms with van der Waals surface area (Å²) < 4.78 is 0. The van der Waals surface area contributed by atoms with Crippen molar-refractivity contribution in [2.24, 2.45) is 0 Å². The van der Waals surface area contributed by atoms with Gasteiger partial charge in [-0.05, 0) is 49.5 Å². The molecule has 7 heteroatoms. The van der Waals surface area contributed by atoms with Crippen molar-refractivity contribution in [2.75, 3.05) is 25.0 Å². The van der Waals surface area contributed by atoms with Crippen molar-refractivity contribution in [1.29, 1.82) is 5.26 Å². The summed E-state index contributed by atoms with van der Waals surface area (Å²) in [6.45, 7) is 2.67. The van der Waals surface area contributed by atoms with Gasteiger partial charge in [-0.25, -0.2) is 0 Å². The molecule has 1 aromatic heterocycles. The maximum atomic E-state index is 11.2. The molecule has 1 unspecified atom stereocenters. The van der Waals surface area contributed by atoms with Crippen molar-refractivity contribution in [3.8, 4) is 6.07 Å². The van der Waals surface area contributed by atoms with Gasteiger partial charge in [0.05, 0.1) is 22.6 Å². The van der Waals surface area contributed by atoms with Crippen LogP contribution in [-0.2, 0) is 0 Å². The topological polar surface area (TPSA) is 82.2 Å². The van der Waals surface area contributed by atoms with Gasteiger partial charge >= 0.3 is 0 Å². The molecule has 1 aliphatic heterocycles. The lowest BCUT2D eigenvalue weighted by molar-refractivity contribution is -0.384. The molecule has 1 aliphatic rings. The van der Waals surface area contributed by atoms with E-state index in [4.69, 9.17) is 5.26 Å². The van der Waals surface area contributed by atoms with Gasteiger partial charge in [0.25, 0.3) is 5.69 Å². The largest absolute Gasteiger partial charge is 0.378 e. The summed E-state index contributed by atoms with van der Waals surface area (Å²) in [6.07, 6.45) is 2.37. The summed E-state index contributed by atoms with van der Waals surface area (Å²) in [5.74, 6) is 0. The van der Waals surface area contributed by atoms with E-state index >= 15 is 0 Å². The number of benzene rings is 1. The van der Waals surface area contributed by atoms with Crippen LogP contribution in [0.5, 0.6) is 0 Å². The van der Waals surface area contributed by atoms with E-state index in [2.05, 4.69) is 21.7 Å². The lowest BCUT2D eigenvalue weighted by Gasteiger charge is -2.27. The number of nitriles is 1. The van der Waals surface area contributed by atoms with Crippen LogP contribution in [0.4, 0.5) is 11.4 Å². The van der Waals surface area contributed by atoms with E-state index in [0.29, 0.717) is 17.8 Å². The Bertz CT molecular complexity index is 748. The fourth-order valence-electron chi connectivity index (χ4n) is 3.06. The maximum Gasteiger partial charge on any atom is 0.292 e. The van der Waals surface area contributed by atoms with Crippen molar-refractivity contribution in [3.63, 3.8) is 0 Å². The first-order valence-corrected chi connectivity index (χ1v) is 8.77. The molecule has 0 bridgehead atoms. The minimum absolute atomic E-state index is 0.000325. The molecule has 1 fully saturated rings. The Balaban J connectivity index is 1.82. The molecule has 0 radical (unpaired) electrons. The second kappa shape index (κ2) is 7.43. The van der Waals surface area contributed by atoms with E-state index in [9.17, 15) is 10.1 Å². The normalized spacial score (nSPS) is 15.8. The lowest BCUT2D eigenvalue weighted by atomic mass is 10.1. The Hall–Kier alpha value is -2.43. The first kappa shape index (κ1) is 16.4.